The molecular weight excluding hydrogens is 590 g/mol. The highest BCUT2D eigenvalue weighted by Gasteiger charge is 3.05. The number of aliphatic hydroxyl groups is 3. The number of aromatic nitrogens is 3. The zero-order chi connectivity index (χ0) is 32.1. The normalized spacial score (nSPS) is 45.6. The predicted octanol–water partition coefficient (Wildman–Crippen LogP) is -0.226. The van der Waals surface area contributed by atoms with E-state index in [0.29, 0.717) is 12.2 Å². The number of aryl methyl sites for hydroxylation is 1. The van der Waals surface area contributed by atoms with Gasteiger partial charge in [0.1, 0.15) is 17.9 Å². The maximum absolute atomic E-state index is 14.0. The summed E-state index contributed by atoms with van der Waals surface area (Å²) in [5.74, 6) is -4.98. The maximum Gasteiger partial charge on any atom is 0.343 e. The molecule has 0 radical (unpaired) electrons. The van der Waals surface area contributed by atoms with Gasteiger partial charge in [-0.2, -0.15) is 0 Å². The van der Waals surface area contributed by atoms with Crippen molar-refractivity contribution in [1.82, 2.24) is 15.0 Å². The summed E-state index contributed by atoms with van der Waals surface area (Å²) < 4.78 is 31.5. The van der Waals surface area contributed by atoms with E-state index in [2.05, 4.69) is 10.3 Å². The molecular formula is C31H35N3O11. The highest BCUT2D eigenvalue weighted by Crippen LogP contribution is 2.84. The van der Waals surface area contributed by atoms with Crippen LogP contribution in [0.3, 0.4) is 0 Å². The lowest BCUT2D eigenvalue weighted by Gasteiger charge is -2.48. The van der Waals surface area contributed by atoms with Crippen LogP contribution in [0.2, 0.25) is 0 Å². The van der Waals surface area contributed by atoms with Gasteiger partial charge in [-0.25, -0.2) is 14.3 Å². The first-order valence-corrected chi connectivity index (χ1v) is 15.1. The van der Waals surface area contributed by atoms with Crippen LogP contribution in [0, 0.1) is 35.0 Å². The molecule has 2 aromatic rings. The monoisotopic (exact) mass is 625 g/mol. The summed E-state index contributed by atoms with van der Waals surface area (Å²) in [6, 6.07) is 7.87. The van der Waals surface area contributed by atoms with Crippen molar-refractivity contribution >= 4 is 17.9 Å². The van der Waals surface area contributed by atoms with Crippen LogP contribution in [0.4, 0.5) is 0 Å². The quantitative estimate of drug-likeness (QED) is 0.292. The van der Waals surface area contributed by atoms with Crippen LogP contribution in [-0.2, 0) is 51.2 Å². The summed E-state index contributed by atoms with van der Waals surface area (Å²) >= 11 is 0. The largest absolute Gasteiger partial charge is 0.456 e. The van der Waals surface area contributed by atoms with Crippen LogP contribution in [0.1, 0.15) is 44.5 Å². The summed E-state index contributed by atoms with van der Waals surface area (Å²) in [4.78, 5) is 40.5. The zero-order valence-corrected chi connectivity index (χ0v) is 25.4. The van der Waals surface area contributed by atoms with Crippen LogP contribution in [0.15, 0.2) is 30.5 Å². The Labute approximate surface area is 257 Å². The van der Waals surface area contributed by atoms with E-state index in [1.165, 1.54) is 6.92 Å². The van der Waals surface area contributed by atoms with Gasteiger partial charge < -0.3 is 39.0 Å². The molecule has 6 fully saturated rings. The summed E-state index contributed by atoms with van der Waals surface area (Å²) in [5.41, 5.74) is -6.84. The van der Waals surface area contributed by atoms with Crippen LogP contribution >= 0.6 is 0 Å². The standard InChI is InChI=1S/C31H35N3O11/c1-13-8-6-7-9-15(13)10-34-11-16(32-33-34)12-41-22-24(38)44-26-28(22)18(27(3,4)5)17(35)20-29(28)19(36)21-30(40,14(2)23(37)42-21)31(29,45-26)25(39)43-20/h6-9,11,14,17-22,26,35-36,40H,10,12H2,1-5H3/t14-,17-,18+,19+,20-,21+,22+,26+,28+,29-,30-,31-/m1/s1. The Balaban J connectivity index is 1.24. The predicted molar refractivity (Wildman–Crippen MR) is 146 cm³/mol. The van der Waals surface area contributed by atoms with Crippen LogP contribution in [-0.4, -0.2) is 96.2 Å². The molecule has 0 unspecified atom stereocenters. The third-order valence-electron chi connectivity index (χ3n) is 11.5. The van der Waals surface area contributed by atoms with Crippen molar-refractivity contribution in [2.24, 2.45) is 28.1 Å². The van der Waals surface area contributed by atoms with Crippen LogP contribution < -0.4 is 0 Å². The maximum atomic E-state index is 14.0. The molecule has 1 aromatic carbocycles. The molecule has 2 spiro atoms. The van der Waals surface area contributed by atoms with Gasteiger partial charge in [-0.3, -0.25) is 4.79 Å². The first-order valence-electron chi connectivity index (χ1n) is 15.1. The number of fused-ring (bicyclic) bond motifs is 1. The molecule has 45 heavy (non-hydrogen) atoms. The van der Waals surface area contributed by atoms with Gasteiger partial charge >= 0.3 is 17.9 Å². The average molecular weight is 626 g/mol. The minimum absolute atomic E-state index is 0.216. The number of hydrogen-bond acceptors (Lipinski definition) is 13. The number of carbonyl (C=O) groups excluding carboxylic acids is 3. The topological polar surface area (TPSA) is 189 Å². The summed E-state index contributed by atoms with van der Waals surface area (Å²) in [5, 5.41) is 44.9. The lowest BCUT2D eigenvalue weighted by Crippen LogP contribution is -2.67. The molecule has 0 bridgehead atoms. The summed E-state index contributed by atoms with van der Waals surface area (Å²) in [6.45, 7) is 9.12. The van der Waals surface area contributed by atoms with E-state index in [9.17, 15) is 29.7 Å². The summed E-state index contributed by atoms with van der Waals surface area (Å²) in [7, 11) is 0. The van der Waals surface area contributed by atoms with Gasteiger partial charge in [-0.15, -0.1) is 5.10 Å². The van der Waals surface area contributed by atoms with E-state index in [1.807, 2.05) is 52.0 Å². The molecule has 4 aliphatic heterocycles. The van der Waals surface area contributed by atoms with Gasteiger partial charge in [0.05, 0.1) is 42.2 Å². The molecule has 240 valence electrons. The number of hydrogen-bond donors (Lipinski definition) is 3. The number of rotatable bonds is 5. The van der Waals surface area contributed by atoms with E-state index in [1.54, 1.807) is 10.9 Å². The molecule has 5 heterocycles. The molecule has 4 saturated heterocycles. The van der Waals surface area contributed by atoms with Gasteiger partial charge in [0.25, 0.3) is 0 Å². The van der Waals surface area contributed by atoms with Crippen molar-refractivity contribution in [3.63, 3.8) is 0 Å². The second kappa shape index (κ2) is 8.68. The van der Waals surface area contributed by atoms with Crippen molar-refractivity contribution in [3.05, 3.63) is 47.3 Å². The van der Waals surface area contributed by atoms with Gasteiger partial charge in [0, 0.05) is 5.92 Å². The molecule has 2 saturated carbocycles. The third kappa shape index (κ3) is 2.93. The Hall–Kier alpha value is -3.43. The number of esters is 3. The number of carbonyl (C=O) groups is 3. The smallest absolute Gasteiger partial charge is 0.343 e. The molecule has 0 amide bonds. The minimum atomic E-state index is -2.41. The van der Waals surface area contributed by atoms with Gasteiger partial charge in [-0.05, 0) is 30.4 Å². The molecule has 6 aliphatic rings. The highest BCUT2D eigenvalue weighted by molar-refractivity contribution is 5.94. The average Bonchev–Trinajstić information content (AvgIpc) is 3.77. The van der Waals surface area contributed by atoms with Crippen molar-refractivity contribution in [1.29, 1.82) is 0 Å². The molecule has 2 aliphatic carbocycles. The van der Waals surface area contributed by atoms with E-state index < -0.39 is 94.0 Å². The van der Waals surface area contributed by atoms with E-state index in [0.717, 1.165) is 11.1 Å². The Morgan fingerprint density at radius 1 is 1.04 bits per heavy atom. The molecule has 3 N–H and O–H groups in total. The van der Waals surface area contributed by atoms with E-state index >= 15 is 0 Å². The molecule has 14 nitrogen and oxygen atoms in total. The summed E-state index contributed by atoms with van der Waals surface area (Å²) in [6.07, 6.45) is -7.62. The first-order chi connectivity index (χ1) is 21.2. The Kier molecular flexibility index (Phi) is 5.59. The second-order valence-corrected chi connectivity index (χ2v) is 14.4. The molecule has 1 aromatic heterocycles. The van der Waals surface area contributed by atoms with Gasteiger partial charge in [-0.1, -0.05) is 50.3 Å². The second-order valence-electron chi connectivity index (χ2n) is 14.4. The fourth-order valence-electron chi connectivity index (χ4n) is 10.1. The Bertz CT molecular complexity index is 1650. The minimum Gasteiger partial charge on any atom is -0.456 e. The van der Waals surface area contributed by atoms with Crippen LogP contribution in [0.5, 0.6) is 0 Å². The lowest BCUT2D eigenvalue weighted by molar-refractivity contribution is -0.240. The fraction of sp³-hybridized carbons (Fsp3) is 0.645. The first kappa shape index (κ1) is 29.0. The number of aliphatic hydroxyl groups excluding tert-OH is 2. The fourth-order valence-corrected chi connectivity index (χ4v) is 10.1. The SMILES string of the molecule is Cc1ccccc1Cn1cc(CO[C@H]2C(=O)O[C@H]3O[C@]45C(=O)O[C@@H]6[C@H](O)[C@@H](C(C)(C)C)[C@@]32[C@@]64[C@@H](O)[C@@H]2OC(=O)[C@@H](C)[C@@]25O)nn1. The van der Waals surface area contributed by atoms with Crippen molar-refractivity contribution in [2.75, 3.05) is 0 Å². The van der Waals surface area contributed by atoms with Crippen molar-refractivity contribution < 1.29 is 53.4 Å². The number of ether oxygens (including phenoxy) is 5. The van der Waals surface area contributed by atoms with E-state index in [-0.39, 0.29) is 6.61 Å². The van der Waals surface area contributed by atoms with Crippen LogP contribution in [0.25, 0.3) is 0 Å². The van der Waals surface area contributed by atoms with Gasteiger partial charge in [0.2, 0.25) is 11.9 Å². The van der Waals surface area contributed by atoms with Crippen molar-refractivity contribution in [2.45, 2.75) is 95.8 Å². The number of benzene rings is 1. The molecule has 14 heteroatoms. The third-order valence-corrected chi connectivity index (χ3v) is 11.5. The molecule has 8 rings (SSSR count). The zero-order valence-electron chi connectivity index (χ0n) is 25.4. The molecule has 12 atom stereocenters. The Morgan fingerprint density at radius 2 is 1.78 bits per heavy atom. The highest BCUT2D eigenvalue weighted by atomic mass is 16.8. The van der Waals surface area contributed by atoms with E-state index in [4.69, 9.17) is 23.7 Å². The Morgan fingerprint density at radius 3 is 2.49 bits per heavy atom. The number of nitrogens with zero attached hydrogens (tertiary/aromatic N) is 3. The van der Waals surface area contributed by atoms with Gasteiger partial charge in [0.15, 0.2) is 17.8 Å². The van der Waals surface area contributed by atoms with Crippen molar-refractivity contribution in [3.8, 4) is 0 Å². The lowest BCUT2D eigenvalue weighted by atomic mass is 9.51.